The highest BCUT2D eigenvalue weighted by atomic mass is 32.2. The van der Waals surface area contributed by atoms with Gasteiger partial charge in [0, 0.05) is 6.20 Å². The minimum atomic E-state index is -3.87. The van der Waals surface area contributed by atoms with E-state index < -0.39 is 10.0 Å². The highest BCUT2D eigenvalue weighted by Gasteiger charge is 2.16. The fraction of sp³-hybridized carbons (Fsp3) is 0.0833. The maximum Gasteiger partial charge on any atom is 0.259 e. The third kappa shape index (κ3) is 3.06. The molecule has 0 spiro atoms. The van der Waals surface area contributed by atoms with Crippen LogP contribution in [0.15, 0.2) is 53.7 Å². The fourth-order valence-corrected chi connectivity index (χ4v) is 2.05. The van der Waals surface area contributed by atoms with Crippen LogP contribution in [0.4, 0.5) is 0 Å². The molecule has 5 nitrogen and oxygen atoms in total. The van der Waals surface area contributed by atoms with E-state index in [4.69, 9.17) is 9.88 Å². The van der Waals surface area contributed by atoms with Crippen molar-refractivity contribution in [3.8, 4) is 5.75 Å². The molecule has 0 aliphatic carbocycles. The van der Waals surface area contributed by atoms with Crippen molar-refractivity contribution in [2.75, 3.05) is 0 Å². The predicted octanol–water partition coefficient (Wildman–Crippen LogP) is 1.31. The Labute approximate surface area is 105 Å². The van der Waals surface area contributed by atoms with Crippen LogP contribution in [-0.2, 0) is 16.6 Å². The van der Waals surface area contributed by atoms with Gasteiger partial charge in [0.1, 0.15) is 6.61 Å². The van der Waals surface area contributed by atoms with Crippen molar-refractivity contribution in [3.05, 3.63) is 54.2 Å². The number of hydrogen-bond acceptors (Lipinski definition) is 4. The second-order valence-corrected chi connectivity index (χ2v) is 5.10. The summed E-state index contributed by atoms with van der Waals surface area (Å²) in [4.78, 5) is 3.72. The van der Waals surface area contributed by atoms with Crippen molar-refractivity contribution in [2.24, 2.45) is 5.14 Å². The molecule has 0 saturated carbocycles. The number of hydrogen-bond donors (Lipinski definition) is 1. The zero-order valence-electron chi connectivity index (χ0n) is 9.48. The zero-order chi connectivity index (χ0) is 13.0. The van der Waals surface area contributed by atoms with E-state index in [1.54, 1.807) is 6.07 Å². The number of pyridine rings is 1. The Kier molecular flexibility index (Phi) is 3.59. The first kappa shape index (κ1) is 12.5. The first-order valence-electron chi connectivity index (χ1n) is 5.22. The molecule has 2 rings (SSSR count). The highest BCUT2D eigenvalue weighted by Crippen LogP contribution is 2.20. The van der Waals surface area contributed by atoms with Gasteiger partial charge in [0.25, 0.3) is 10.0 Å². The number of rotatable bonds is 4. The molecular weight excluding hydrogens is 252 g/mol. The summed E-state index contributed by atoms with van der Waals surface area (Å²) < 4.78 is 28.0. The minimum absolute atomic E-state index is 0.156. The second-order valence-electron chi connectivity index (χ2n) is 3.63. The molecule has 0 radical (unpaired) electrons. The average Bonchev–Trinajstić information content (AvgIpc) is 2.37. The normalized spacial score (nSPS) is 11.2. The number of sulfonamides is 1. The summed E-state index contributed by atoms with van der Waals surface area (Å²) >= 11 is 0. The van der Waals surface area contributed by atoms with Crippen molar-refractivity contribution in [1.29, 1.82) is 0 Å². The van der Waals surface area contributed by atoms with E-state index in [0.717, 1.165) is 5.56 Å². The lowest BCUT2D eigenvalue weighted by molar-refractivity contribution is 0.295. The number of primary sulfonamides is 1. The van der Waals surface area contributed by atoms with E-state index in [1.807, 2.05) is 30.3 Å². The molecule has 1 aromatic carbocycles. The molecule has 0 bridgehead atoms. The Hall–Kier alpha value is -1.92. The first-order valence-corrected chi connectivity index (χ1v) is 6.76. The number of nitrogens with two attached hydrogens (primary N) is 1. The van der Waals surface area contributed by atoms with Gasteiger partial charge >= 0.3 is 0 Å². The third-order valence-electron chi connectivity index (χ3n) is 2.24. The molecule has 0 atom stereocenters. The van der Waals surface area contributed by atoms with Crippen LogP contribution in [0.2, 0.25) is 0 Å². The van der Waals surface area contributed by atoms with Gasteiger partial charge in [-0.25, -0.2) is 18.5 Å². The monoisotopic (exact) mass is 264 g/mol. The molecule has 0 aliphatic rings. The minimum Gasteiger partial charge on any atom is -0.486 e. The molecule has 0 amide bonds. The van der Waals surface area contributed by atoms with Gasteiger partial charge in [-0.3, -0.25) is 0 Å². The van der Waals surface area contributed by atoms with Crippen LogP contribution >= 0.6 is 0 Å². The van der Waals surface area contributed by atoms with E-state index in [0.29, 0.717) is 0 Å². The quantitative estimate of drug-likeness (QED) is 0.902. The summed E-state index contributed by atoms with van der Waals surface area (Å²) in [5.74, 6) is 0.156. The summed E-state index contributed by atoms with van der Waals surface area (Å²) in [5, 5.41) is 4.81. The van der Waals surface area contributed by atoms with E-state index in [1.165, 1.54) is 12.3 Å². The van der Waals surface area contributed by atoms with Gasteiger partial charge < -0.3 is 4.74 Å². The Morgan fingerprint density at radius 2 is 1.83 bits per heavy atom. The Balaban J connectivity index is 2.20. The Bertz CT molecular complexity index is 627. The Morgan fingerprint density at radius 1 is 1.11 bits per heavy atom. The van der Waals surface area contributed by atoms with Crippen LogP contribution in [0.5, 0.6) is 5.75 Å². The SMILES string of the molecule is NS(=O)(=O)c1ncccc1OCc1ccccc1. The number of ether oxygens (including phenoxy) is 1. The molecule has 0 aliphatic heterocycles. The molecule has 6 heteroatoms. The Morgan fingerprint density at radius 3 is 2.50 bits per heavy atom. The molecule has 94 valence electrons. The lowest BCUT2D eigenvalue weighted by Crippen LogP contribution is -2.15. The van der Waals surface area contributed by atoms with Crippen LogP contribution in [0.1, 0.15) is 5.56 Å². The summed E-state index contributed by atoms with van der Waals surface area (Å²) in [7, 11) is -3.87. The van der Waals surface area contributed by atoms with E-state index in [2.05, 4.69) is 4.98 Å². The molecule has 0 saturated heterocycles. The standard InChI is InChI=1S/C12H12N2O3S/c13-18(15,16)12-11(7-4-8-14-12)17-9-10-5-2-1-3-6-10/h1-8H,9H2,(H2,13,15,16). The van der Waals surface area contributed by atoms with Gasteiger partial charge in [0.05, 0.1) is 0 Å². The van der Waals surface area contributed by atoms with Gasteiger partial charge in [0.15, 0.2) is 5.75 Å². The largest absolute Gasteiger partial charge is 0.486 e. The maximum absolute atomic E-state index is 11.3. The first-order chi connectivity index (χ1) is 8.57. The third-order valence-corrected chi connectivity index (χ3v) is 3.09. The van der Waals surface area contributed by atoms with Crippen molar-refractivity contribution >= 4 is 10.0 Å². The number of aromatic nitrogens is 1. The highest BCUT2D eigenvalue weighted by molar-refractivity contribution is 7.89. The van der Waals surface area contributed by atoms with Gasteiger partial charge in [-0.15, -0.1) is 0 Å². The summed E-state index contributed by atoms with van der Waals surface area (Å²) in [6.45, 7) is 0.259. The van der Waals surface area contributed by atoms with Gasteiger partial charge in [-0.2, -0.15) is 0 Å². The molecular formula is C12H12N2O3S. The van der Waals surface area contributed by atoms with E-state index in [9.17, 15) is 8.42 Å². The lowest BCUT2D eigenvalue weighted by atomic mass is 10.2. The molecule has 1 heterocycles. The topological polar surface area (TPSA) is 82.3 Å². The average molecular weight is 264 g/mol. The molecule has 1 aromatic heterocycles. The van der Waals surface area contributed by atoms with Crippen molar-refractivity contribution in [3.63, 3.8) is 0 Å². The number of benzene rings is 1. The summed E-state index contributed by atoms with van der Waals surface area (Å²) in [5.41, 5.74) is 0.932. The van der Waals surface area contributed by atoms with Gasteiger partial charge in [-0.1, -0.05) is 30.3 Å². The molecule has 2 N–H and O–H groups in total. The summed E-state index contributed by atoms with van der Waals surface area (Å²) in [6.07, 6.45) is 1.36. The zero-order valence-corrected chi connectivity index (χ0v) is 10.3. The smallest absolute Gasteiger partial charge is 0.259 e. The van der Waals surface area contributed by atoms with E-state index >= 15 is 0 Å². The molecule has 18 heavy (non-hydrogen) atoms. The van der Waals surface area contributed by atoms with Crippen LogP contribution in [0.3, 0.4) is 0 Å². The maximum atomic E-state index is 11.3. The van der Waals surface area contributed by atoms with Gasteiger partial charge in [0.2, 0.25) is 5.03 Å². The molecule has 2 aromatic rings. The predicted molar refractivity (Wildman–Crippen MR) is 66.4 cm³/mol. The molecule has 0 unspecified atom stereocenters. The van der Waals surface area contributed by atoms with Crippen LogP contribution < -0.4 is 9.88 Å². The summed E-state index contributed by atoms with van der Waals surface area (Å²) in [6, 6.07) is 12.5. The molecule has 0 fully saturated rings. The lowest BCUT2D eigenvalue weighted by Gasteiger charge is -2.08. The van der Waals surface area contributed by atoms with Crippen LogP contribution in [0, 0.1) is 0 Å². The van der Waals surface area contributed by atoms with Crippen LogP contribution in [0.25, 0.3) is 0 Å². The number of nitrogens with zero attached hydrogens (tertiary/aromatic N) is 1. The van der Waals surface area contributed by atoms with Crippen molar-refractivity contribution in [2.45, 2.75) is 11.6 Å². The van der Waals surface area contributed by atoms with E-state index in [-0.39, 0.29) is 17.4 Å². The fourth-order valence-electron chi connectivity index (χ4n) is 1.43. The van der Waals surface area contributed by atoms with Crippen molar-refractivity contribution < 1.29 is 13.2 Å². The van der Waals surface area contributed by atoms with Crippen molar-refractivity contribution in [1.82, 2.24) is 4.98 Å². The van der Waals surface area contributed by atoms with Crippen LogP contribution in [-0.4, -0.2) is 13.4 Å². The van der Waals surface area contributed by atoms with Gasteiger partial charge in [-0.05, 0) is 17.7 Å². The second kappa shape index (κ2) is 5.16.